The lowest BCUT2D eigenvalue weighted by Gasteiger charge is -2.06. The average Bonchev–Trinajstić information content (AvgIpc) is 2.87. The van der Waals surface area contributed by atoms with Crippen LogP contribution in [0.15, 0.2) is 28.9 Å². The van der Waals surface area contributed by atoms with Gasteiger partial charge >= 0.3 is 0 Å². The van der Waals surface area contributed by atoms with Gasteiger partial charge in [-0.15, -0.1) is 0 Å². The molecule has 8 heteroatoms. The quantitative estimate of drug-likeness (QED) is 0.655. The van der Waals surface area contributed by atoms with Crippen LogP contribution >= 0.6 is 34.9 Å². The number of nitrogen functional groups attached to an aromatic ring is 1. The largest absolute Gasteiger partial charge is 0.397 e. The number of halogens is 1. The molecule has 1 aromatic carbocycles. The molecule has 0 spiro atoms. The minimum atomic E-state index is -0.0706. The smallest absolute Gasteiger partial charge is 0.225 e. The SMILES string of the molecule is Nc1cc(NC(=O)CCSc2ncns2)ccc1Cl. The van der Waals surface area contributed by atoms with Crippen molar-refractivity contribution in [1.82, 2.24) is 9.36 Å². The predicted molar refractivity (Wildman–Crippen MR) is 79.7 cm³/mol. The molecule has 0 atom stereocenters. The van der Waals surface area contributed by atoms with Crippen LogP contribution in [0.25, 0.3) is 0 Å². The Bertz CT molecular complexity index is 562. The van der Waals surface area contributed by atoms with Gasteiger partial charge < -0.3 is 11.1 Å². The fourth-order valence-electron chi connectivity index (χ4n) is 1.30. The van der Waals surface area contributed by atoms with Crippen molar-refractivity contribution in [2.24, 2.45) is 0 Å². The lowest BCUT2D eigenvalue weighted by Crippen LogP contribution is -2.12. The molecule has 0 aliphatic heterocycles. The van der Waals surface area contributed by atoms with Crippen molar-refractivity contribution in [3.8, 4) is 0 Å². The zero-order valence-corrected chi connectivity index (χ0v) is 12.2. The van der Waals surface area contributed by atoms with Gasteiger partial charge in [0.05, 0.1) is 10.7 Å². The van der Waals surface area contributed by atoms with Gasteiger partial charge in [-0.3, -0.25) is 4.79 Å². The fraction of sp³-hybridized carbons (Fsp3) is 0.182. The Morgan fingerprint density at radius 3 is 3.05 bits per heavy atom. The van der Waals surface area contributed by atoms with E-state index >= 15 is 0 Å². The minimum Gasteiger partial charge on any atom is -0.397 e. The Morgan fingerprint density at radius 2 is 2.37 bits per heavy atom. The summed E-state index contributed by atoms with van der Waals surface area (Å²) in [6.45, 7) is 0. The third-order valence-corrected chi connectivity index (χ3v) is 4.32. The highest BCUT2D eigenvalue weighted by Crippen LogP contribution is 2.23. The number of hydrogen-bond donors (Lipinski definition) is 2. The molecule has 0 unspecified atom stereocenters. The fourth-order valence-corrected chi connectivity index (χ4v) is 2.87. The van der Waals surface area contributed by atoms with E-state index in [0.29, 0.717) is 28.6 Å². The number of nitrogens with zero attached hydrogens (tertiary/aromatic N) is 2. The van der Waals surface area contributed by atoms with Crippen molar-refractivity contribution in [3.05, 3.63) is 29.5 Å². The van der Waals surface area contributed by atoms with E-state index < -0.39 is 0 Å². The molecule has 3 N–H and O–H groups in total. The molecule has 0 bridgehead atoms. The van der Waals surface area contributed by atoms with E-state index in [9.17, 15) is 4.79 Å². The van der Waals surface area contributed by atoms with Gasteiger partial charge in [-0.25, -0.2) is 4.98 Å². The van der Waals surface area contributed by atoms with E-state index in [1.807, 2.05) is 0 Å². The summed E-state index contributed by atoms with van der Waals surface area (Å²) in [5, 5.41) is 3.24. The normalized spacial score (nSPS) is 10.4. The second-order valence-electron chi connectivity index (χ2n) is 3.59. The van der Waals surface area contributed by atoms with Gasteiger partial charge in [0.25, 0.3) is 0 Å². The van der Waals surface area contributed by atoms with Gasteiger partial charge in [0.15, 0.2) is 4.34 Å². The number of carbonyl (C=O) groups is 1. The summed E-state index contributed by atoms with van der Waals surface area (Å²) in [5.41, 5.74) is 6.75. The summed E-state index contributed by atoms with van der Waals surface area (Å²) < 4.78 is 4.75. The Kier molecular flexibility index (Phi) is 5.00. The predicted octanol–water partition coefficient (Wildman–Crippen LogP) is 2.89. The lowest BCUT2D eigenvalue weighted by atomic mass is 10.2. The number of rotatable bonds is 5. The molecular weight excluding hydrogens is 304 g/mol. The molecule has 0 saturated heterocycles. The van der Waals surface area contributed by atoms with Gasteiger partial charge in [0.1, 0.15) is 6.33 Å². The van der Waals surface area contributed by atoms with Crippen LogP contribution in [0.1, 0.15) is 6.42 Å². The number of nitrogens with two attached hydrogens (primary N) is 1. The first-order chi connectivity index (χ1) is 9.15. The van der Waals surface area contributed by atoms with E-state index in [0.717, 1.165) is 4.34 Å². The molecule has 100 valence electrons. The maximum atomic E-state index is 11.7. The first-order valence-corrected chi connectivity index (χ1v) is 7.53. The molecule has 0 saturated carbocycles. The molecule has 1 amide bonds. The van der Waals surface area contributed by atoms with Gasteiger partial charge in [-0.1, -0.05) is 23.4 Å². The molecular formula is C11H11ClN4OS2. The monoisotopic (exact) mass is 314 g/mol. The summed E-state index contributed by atoms with van der Waals surface area (Å²) in [7, 11) is 0. The van der Waals surface area contributed by atoms with E-state index in [4.69, 9.17) is 17.3 Å². The van der Waals surface area contributed by atoms with Crippen LogP contribution in [-0.4, -0.2) is 21.0 Å². The van der Waals surface area contributed by atoms with Crippen LogP contribution in [0.4, 0.5) is 11.4 Å². The molecule has 1 aromatic heterocycles. The number of aromatic nitrogens is 2. The van der Waals surface area contributed by atoms with Gasteiger partial charge in [0.2, 0.25) is 5.91 Å². The van der Waals surface area contributed by atoms with Gasteiger partial charge in [0, 0.05) is 17.9 Å². The Hall–Kier alpha value is -1.31. The topological polar surface area (TPSA) is 80.9 Å². The van der Waals surface area contributed by atoms with Crippen LogP contribution in [0, 0.1) is 0 Å². The van der Waals surface area contributed by atoms with Crippen molar-refractivity contribution in [1.29, 1.82) is 0 Å². The van der Waals surface area contributed by atoms with Crippen LogP contribution in [0.5, 0.6) is 0 Å². The second-order valence-corrected chi connectivity index (χ2v) is 6.12. The van der Waals surface area contributed by atoms with E-state index in [2.05, 4.69) is 14.7 Å². The third kappa shape index (κ3) is 4.38. The third-order valence-electron chi connectivity index (χ3n) is 2.18. The summed E-state index contributed by atoms with van der Waals surface area (Å²) in [6.07, 6.45) is 1.90. The maximum absolute atomic E-state index is 11.7. The molecule has 2 rings (SSSR count). The lowest BCUT2D eigenvalue weighted by molar-refractivity contribution is -0.115. The van der Waals surface area contributed by atoms with Crippen molar-refractivity contribution in [2.75, 3.05) is 16.8 Å². The Morgan fingerprint density at radius 1 is 1.53 bits per heavy atom. The number of amides is 1. The van der Waals surface area contributed by atoms with Crippen molar-refractivity contribution in [3.63, 3.8) is 0 Å². The molecule has 5 nitrogen and oxygen atoms in total. The highest BCUT2D eigenvalue weighted by molar-refractivity contribution is 8.00. The summed E-state index contributed by atoms with van der Waals surface area (Å²) in [4.78, 5) is 15.7. The van der Waals surface area contributed by atoms with Crippen molar-refractivity contribution < 1.29 is 4.79 Å². The van der Waals surface area contributed by atoms with Crippen LogP contribution < -0.4 is 11.1 Å². The average molecular weight is 315 g/mol. The molecule has 2 aromatic rings. The molecule has 19 heavy (non-hydrogen) atoms. The van der Waals surface area contributed by atoms with Gasteiger partial charge in [-0.05, 0) is 29.7 Å². The molecule has 0 radical (unpaired) electrons. The minimum absolute atomic E-state index is 0.0706. The van der Waals surface area contributed by atoms with E-state index in [-0.39, 0.29) is 5.91 Å². The van der Waals surface area contributed by atoms with Gasteiger partial charge in [-0.2, -0.15) is 4.37 Å². The number of thioether (sulfide) groups is 1. The van der Waals surface area contributed by atoms with E-state index in [1.54, 1.807) is 18.2 Å². The highest BCUT2D eigenvalue weighted by Gasteiger charge is 2.05. The summed E-state index contributed by atoms with van der Waals surface area (Å²) in [6, 6.07) is 5.01. The van der Waals surface area contributed by atoms with Crippen LogP contribution in [0.3, 0.4) is 0 Å². The highest BCUT2D eigenvalue weighted by atomic mass is 35.5. The van der Waals surface area contributed by atoms with Crippen molar-refractivity contribution >= 4 is 52.2 Å². The maximum Gasteiger partial charge on any atom is 0.225 e. The first-order valence-electron chi connectivity index (χ1n) is 5.39. The molecule has 0 aliphatic carbocycles. The zero-order valence-electron chi connectivity index (χ0n) is 9.80. The molecule has 0 aliphatic rings. The second kappa shape index (κ2) is 6.74. The number of anilines is 2. The van der Waals surface area contributed by atoms with E-state index in [1.165, 1.54) is 29.6 Å². The number of nitrogens with one attached hydrogen (secondary N) is 1. The van der Waals surface area contributed by atoms with Crippen LogP contribution in [0.2, 0.25) is 5.02 Å². The zero-order chi connectivity index (χ0) is 13.7. The van der Waals surface area contributed by atoms with Crippen LogP contribution in [-0.2, 0) is 4.79 Å². The Balaban J connectivity index is 1.79. The first kappa shape index (κ1) is 14.1. The Labute approximate surface area is 123 Å². The molecule has 0 fully saturated rings. The molecule has 1 heterocycles. The summed E-state index contributed by atoms with van der Waals surface area (Å²) in [5.74, 6) is 0.586. The number of benzene rings is 1. The standard InChI is InChI=1S/C11H11ClN4OS2/c12-8-2-1-7(5-9(8)13)16-10(17)3-4-18-11-14-6-15-19-11/h1-2,5-6H,3-4,13H2,(H,16,17). The summed E-state index contributed by atoms with van der Waals surface area (Å²) >= 11 is 8.64. The number of carbonyl (C=O) groups excluding carboxylic acids is 1. The number of hydrogen-bond acceptors (Lipinski definition) is 6. The van der Waals surface area contributed by atoms with Crippen molar-refractivity contribution in [2.45, 2.75) is 10.8 Å².